The van der Waals surface area contributed by atoms with Gasteiger partial charge in [-0.3, -0.25) is 9.78 Å². The second kappa shape index (κ2) is 4.90. The van der Waals surface area contributed by atoms with E-state index in [4.69, 9.17) is 5.84 Å². The number of hydrogen-bond acceptors (Lipinski definition) is 3. The molecule has 84 valence electrons. The van der Waals surface area contributed by atoms with Gasteiger partial charge in [-0.15, -0.1) is 0 Å². The lowest BCUT2D eigenvalue weighted by Gasteiger charge is -2.22. The highest BCUT2D eigenvalue weighted by Gasteiger charge is 2.17. The molecule has 1 aromatic rings. The van der Waals surface area contributed by atoms with E-state index in [0.29, 0.717) is 5.56 Å². The van der Waals surface area contributed by atoms with Gasteiger partial charge in [0, 0.05) is 23.7 Å². The van der Waals surface area contributed by atoms with Crippen LogP contribution in [0.5, 0.6) is 0 Å². The Balaban J connectivity index is 2.13. The van der Waals surface area contributed by atoms with E-state index in [9.17, 15) is 4.79 Å². The molecule has 0 aliphatic heterocycles. The van der Waals surface area contributed by atoms with Gasteiger partial charge in [-0.25, -0.2) is 10.9 Å². The molecule has 16 heavy (non-hydrogen) atoms. The number of carbonyl (C=O) groups is 1. The van der Waals surface area contributed by atoms with Gasteiger partial charge in [0.2, 0.25) is 0 Å². The number of pyridine rings is 1. The quantitative estimate of drug-likeness (QED) is 0.467. The van der Waals surface area contributed by atoms with E-state index in [1.54, 1.807) is 24.5 Å². The topological polar surface area (TPSA) is 59.2 Å². The normalized spacial score (nSPS) is 15.4. The summed E-state index contributed by atoms with van der Waals surface area (Å²) in [5.41, 5.74) is 1.50. The van der Waals surface area contributed by atoms with Gasteiger partial charge in [0.15, 0.2) is 0 Å². The van der Waals surface area contributed by atoms with Crippen molar-refractivity contribution in [3.05, 3.63) is 41.9 Å². The molecule has 0 bridgehead atoms. The van der Waals surface area contributed by atoms with Crippen LogP contribution in [0, 0.1) is 0 Å². The van der Waals surface area contributed by atoms with Gasteiger partial charge >= 0.3 is 0 Å². The maximum absolute atomic E-state index is 12.0. The molecule has 4 nitrogen and oxygen atoms in total. The third kappa shape index (κ3) is 2.28. The molecule has 0 unspecified atom stereocenters. The lowest BCUT2D eigenvalue weighted by Crippen LogP contribution is -2.37. The first-order valence-corrected chi connectivity index (χ1v) is 5.47. The number of allylic oxidation sites excluding steroid dienone is 2. The van der Waals surface area contributed by atoms with Crippen LogP contribution in [-0.2, 0) is 0 Å². The van der Waals surface area contributed by atoms with Crippen LogP contribution in [0.25, 0.3) is 0 Å². The third-order valence-corrected chi connectivity index (χ3v) is 2.72. The molecule has 0 atom stereocenters. The fourth-order valence-electron chi connectivity index (χ4n) is 1.80. The van der Waals surface area contributed by atoms with Crippen LogP contribution in [0.2, 0.25) is 0 Å². The van der Waals surface area contributed by atoms with Crippen LogP contribution in [0.4, 0.5) is 0 Å². The van der Waals surface area contributed by atoms with Crippen LogP contribution in [0.1, 0.15) is 36.0 Å². The highest BCUT2D eigenvalue weighted by molar-refractivity contribution is 5.94. The number of hydrazine groups is 1. The number of carbonyl (C=O) groups excluding carboxylic acids is 1. The summed E-state index contributed by atoms with van der Waals surface area (Å²) in [6, 6.07) is 3.34. The monoisotopic (exact) mass is 217 g/mol. The van der Waals surface area contributed by atoms with Gasteiger partial charge in [0.1, 0.15) is 0 Å². The Bertz CT molecular complexity index is 400. The molecule has 0 aromatic carbocycles. The fourth-order valence-corrected chi connectivity index (χ4v) is 1.80. The second-order valence-electron chi connectivity index (χ2n) is 3.85. The van der Waals surface area contributed by atoms with Gasteiger partial charge in [0.05, 0.1) is 0 Å². The van der Waals surface area contributed by atoms with Crippen LogP contribution in [0.15, 0.2) is 36.3 Å². The fraction of sp³-hybridized carbons (Fsp3) is 0.333. The molecule has 1 aliphatic rings. The molecular weight excluding hydrogens is 202 g/mol. The summed E-state index contributed by atoms with van der Waals surface area (Å²) in [6.07, 6.45) is 9.40. The summed E-state index contributed by atoms with van der Waals surface area (Å²) in [7, 11) is 0. The number of rotatable bonds is 2. The van der Waals surface area contributed by atoms with Crippen molar-refractivity contribution in [2.75, 3.05) is 0 Å². The van der Waals surface area contributed by atoms with Crippen LogP contribution < -0.4 is 5.84 Å². The number of amides is 1. The molecule has 0 saturated heterocycles. The zero-order valence-electron chi connectivity index (χ0n) is 9.10. The molecule has 1 amide bonds. The molecule has 1 aliphatic carbocycles. The van der Waals surface area contributed by atoms with Crippen LogP contribution in [-0.4, -0.2) is 15.9 Å². The van der Waals surface area contributed by atoms with E-state index in [1.165, 1.54) is 11.4 Å². The first-order chi connectivity index (χ1) is 7.79. The number of nitrogens with zero attached hydrogens (tertiary/aromatic N) is 2. The molecule has 1 heterocycles. The smallest absolute Gasteiger partial charge is 0.267 e. The summed E-state index contributed by atoms with van der Waals surface area (Å²) in [4.78, 5) is 15.8. The van der Waals surface area contributed by atoms with Gasteiger partial charge in [-0.05, 0) is 37.8 Å². The van der Waals surface area contributed by atoms with Crippen molar-refractivity contribution < 1.29 is 4.79 Å². The summed E-state index contributed by atoms with van der Waals surface area (Å²) in [5, 5.41) is 1.26. The van der Waals surface area contributed by atoms with E-state index in [0.717, 1.165) is 25.0 Å². The van der Waals surface area contributed by atoms with Crippen molar-refractivity contribution in [2.24, 2.45) is 5.84 Å². The Morgan fingerprint density at radius 2 is 2.06 bits per heavy atom. The number of nitrogens with two attached hydrogens (primary N) is 1. The molecule has 0 radical (unpaired) electrons. The minimum Gasteiger partial charge on any atom is -0.267 e. The predicted octanol–water partition coefficient (Wildman–Crippen LogP) is 1.86. The molecular formula is C12H15N3O. The van der Waals surface area contributed by atoms with Gasteiger partial charge in [-0.1, -0.05) is 6.08 Å². The minimum atomic E-state index is -0.171. The van der Waals surface area contributed by atoms with Gasteiger partial charge in [-0.2, -0.15) is 0 Å². The zero-order chi connectivity index (χ0) is 11.4. The van der Waals surface area contributed by atoms with Crippen molar-refractivity contribution in [2.45, 2.75) is 25.7 Å². The number of hydrogen-bond donors (Lipinski definition) is 1. The van der Waals surface area contributed by atoms with Crippen molar-refractivity contribution in [3.63, 3.8) is 0 Å². The lowest BCUT2D eigenvalue weighted by molar-refractivity contribution is 0.0798. The second-order valence-corrected chi connectivity index (χ2v) is 3.85. The largest absolute Gasteiger partial charge is 0.272 e. The van der Waals surface area contributed by atoms with E-state index >= 15 is 0 Å². The van der Waals surface area contributed by atoms with E-state index < -0.39 is 0 Å². The summed E-state index contributed by atoms with van der Waals surface area (Å²) < 4.78 is 0. The standard InChI is InChI=1S/C12H15N3O/c13-15(11-4-2-1-3-5-11)12(16)10-6-8-14-9-7-10/h4,6-9H,1-3,5,13H2. The molecule has 2 rings (SSSR count). The Morgan fingerprint density at radius 3 is 2.69 bits per heavy atom. The maximum Gasteiger partial charge on any atom is 0.272 e. The first kappa shape index (κ1) is 10.8. The lowest BCUT2D eigenvalue weighted by atomic mass is 10.0. The molecule has 0 fully saturated rings. The average Bonchev–Trinajstić information content (AvgIpc) is 2.39. The average molecular weight is 217 g/mol. The van der Waals surface area contributed by atoms with Crippen LogP contribution >= 0.6 is 0 Å². The highest BCUT2D eigenvalue weighted by atomic mass is 16.2. The Kier molecular flexibility index (Phi) is 3.31. The molecule has 1 aromatic heterocycles. The predicted molar refractivity (Wildman–Crippen MR) is 61.1 cm³/mol. The SMILES string of the molecule is NN(C(=O)c1ccncc1)C1=CCCCC1. The van der Waals surface area contributed by atoms with Crippen molar-refractivity contribution in [1.82, 2.24) is 9.99 Å². The van der Waals surface area contributed by atoms with Gasteiger partial charge in [0.25, 0.3) is 5.91 Å². The maximum atomic E-state index is 12.0. The summed E-state index contributed by atoms with van der Waals surface area (Å²) in [6.45, 7) is 0. The van der Waals surface area contributed by atoms with E-state index in [1.807, 2.05) is 6.08 Å². The molecule has 4 heteroatoms. The van der Waals surface area contributed by atoms with Crippen molar-refractivity contribution >= 4 is 5.91 Å². The third-order valence-electron chi connectivity index (χ3n) is 2.72. The van der Waals surface area contributed by atoms with Gasteiger partial charge < -0.3 is 0 Å². The highest BCUT2D eigenvalue weighted by Crippen LogP contribution is 2.19. The molecule has 0 saturated carbocycles. The van der Waals surface area contributed by atoms with Crippen molar-refractivity contribution in [1.29, 1.82) is 0 Å². The molecule has 0 spiro atoms. The molecule has 2 N–H and O–H groups in total. The summed E-state index contributed by atoms with van der Waals surface area (Å²) >= 11 is 0. The number of aromatic nitrogens is 1. The van der Waals surface area contributed by atoms with Crippen LogP contribution in [0.3, 0.4) is 0 Å². The zero-order valence-corrected chi connectivity index (χ0v) is 9.10. The Morgan fingerprint density at radius 1 is 1.31 bits per heavy atom. The van der Waals surface area contributed by atoms with Crippen molar-refractivity contribution in [3.8, 4) is 0 Å². The Hall–Kier alpha value is -1.68. The summed E-state index contributed by atoms with van der Waals surface area (Å²) in [5.74, 6) is 5.65. The minimum absolute atomic E-state index is 0.171. The Labute approximate surface area is 94.7 Å². The van der Waals surface area contributed by atoms with E-state index in [-0.39, 0.29) is 5.91 Å². The van der Waals surface area contributed by atoms with E-state index in [2.05, 4.69) is 4.98 Å². The first-order valence-electron chi connectivity index (χ1n) is 5.47.